The lowest BCUT2D eigenvalue weighted by Gasteiger charge is -2.22. The summed E-state index contributed by atoms with van der Waals surface area (Å²) in [6, 6.07) is 5.75. The number of anilines is 1. The largest absolute Gasteiger partial charge is 0.454 e. The molecular weight excluding hydrogens is 332 g/mol. The third-order valence-corrected chi connectivity index (χ3v) is 4.26. The Morgan fingerprint density at radius 1 is 1.25 bits per heavy atom. The Morgan fingerprint density at radius 3 is 2.96 bits per heavy atom. The van der Waals surface area contributed by atoms with Crippen LogP contribution in [-0.4, -0.2) is 41.2 Å². The van der Waals surface area contributed by atoms with Gasteiger partial charge in [-0.25, -0.2) is 9.97 Å². The Kier molecular flexibility index (Phi) is 3.65. The summed E-state index contributed by atoms with van der Waals surface area (Å²) in [4.78, 5) is 24.3. The van der Waals surface area contributed by atoms with Crippen molar-refractivity contribution in [3.63, 3.8) is 0 Å². The zero-order valence-corrected chi connectivity index (χ0v) is 13.8. The number of hydrogen-bond donors (Lipinski definition) is 0. The number of ether oxygens (including phenoxy) is 2. The summed E-state index contributed by atoms with van der Waals surface area (Å²) in [6.45, 7) is 1.43. The number of fused-ring (bicyclic) bond motifs is 2. The van der Waals surface area contributed by atoms with Gasteiger partial charge in [-0.3, -0.25) is 4.79 Å². The van der Waals surface area contributed by atoms with Crippen LogP contribution in [0.1, 0.15) is 11.1 Å². The number of carbonyl (C=O) groups is 1. The molecule has 2 aromatic rings. The van der Waals surface area contributed by atoms with E-state index in [0.29, 0.717) is 24.7 Å². The third kappa shape index (κ3) is 2.71. The molecule has 24 heavy (non-hydrogen) atoms. The maximum atomic E-state index is 12.3. The molecule has 3 heterocycles. The molecule has 4 rings (SSSR count). The van der Waals surface area contributed by atoms with Crippen LogP contribution >= 0.6 is 11.6 Å². The molecule has 0 saturated heterocycles. The van der Waals surface area contributed by atoms with Crippen molar-refractivity contribution in [1.82, 2.24) is 14.9 Å². The Labute approximate surface area is 143 Å². The monoisotopic (exact) mass is 346 g/mol. The molecule has 1 amide bonds. The van der Waals surface area contributed by atoms with Gasteiger partial charge in [-0.2, -0.15) is 0 Å². The molecule has 0 N–H and O–H groups in total. The molecule has 8 heteroatoms. The summed E-state index contributed by atoms with van der Waals surface area (Å²) in [5, 5.41) is 0.168. The molecule has 0 fully saturated rings. The average molecular weight is 347 g/mol. The van der Waals surface area contributed by atoms with E-state index in [1.165, 1.54) is 0 Å². The van der Waals surface area contributed by atoms with Crippen LogP contribution in [0.5, 0.6) is 11.5 Å². The molecule has 2 aliphatic heterocycles. The average Bonchev–Trinajstić information content (AvgIpc) is 2.99. The van der Waals surface area contributed by atoms with Crippen molar-refractivity contribution in [3.05, 3.63) is 40.8 Å². The number of amides is 1. The fourth-order valence-corrected chi connectivity index (χ4v) is 2.98. The minimum Gasteiger partial charge on any atom is -0.454 e. The minimum atomic E-state index is 0.0184. The van der Waals surface area contributed by atoms with E-state index in [-0.39, 0.29) is 24.5 Å². The highest BCUT2D eigenvalue weighted by Gasteiger charge is 2.25. The van der Waals surface area contributed by atoms with Crippen LogP contribution in [0.2, 0.25) is 5.28 Å². The molecule has 0 saturated carbocycles. The number of rotatable bonds is 2. The Balaban J connectivity index is 1.68. The summed E-state index contributed by atoms with van der Waals surface area (Å²) in [5.74, 6) is 2.15. The predicted molar refractivity (Wildman–Crippen MR) is 87.1 cm³/mol. The first-order valence-corrected chi connectivity index (χ1v) is 7.87. The van der Waals surface area contributed by atoms with Crippen LogP contribution in [0.25, 0.3) is 0 Å². The quantitative estimate of drug-likeness (QED) is 0.773. The summed E-state index contributed by atoms with van der Waals surface area (Å²) in [6.07, 6.45) is 1.67. The van der Waals surface area contributed by atoms with Crippen molar-refractivity contribution < 1.29 is 14.3 Å². The van der Waals surface area contributed by atoms with Crippen LogP contribution in [-0.2, 0) is 17.9 Å². The number of carbonyl (C=O) groups excluding carboxylic acids is 1. The number of aromatic nitrogens is 2. The summed E-state index contributed by atoms with van der Waals surface area (Å²) in [7, 11) is 1.77. The summed E-state index contributed by atoms with van der Waals surface area (Å²) in [5.41, 5.74) is 1.87. The first-order chi connectivity index (χ1) is 11.6. The molecule has 1 aromatic carbocycles. The first-order valence-electron chi connectivity index (χ1n) is 7.49. The molecule has 0 aliphatic carbocycles. The Morgan fingerprint density at radius 2 is 2.08 bits per heavy atom. The van der Waals surface area contributed by atoms with Gasteiger partial charge in [-0.15, -0.1) is 0 Å². The van der Waals surface area contributed by atoms with E-state index in [9.17, 15) is 4.79 Å². The molecule has 7 nitrogen and oxygen atoms in total. The maximum Gasteiger partial charge on any atom is 0.242 e. The zero-order valence-electron chi connectivity index (χ0n) is 13.0. The number of hydrogen-bond acceptors (Lipinski definition) is 6. The lowest BCUT2D eigenvalue weighted by molar-refractivity contribution is -0.128. The van der Waals surface area contributed by atoms with E-state index in [4.69, 9.17) is 21.1 Å². The van der Waals surface area contributed by atoms with Crippen LogP contribution < -0.4 is 14.4 Å². The number of likely N-dealkylation sites (N-methyl/N-ethyl adjacent to an activating group) is 1. The van der Waals surface area contributed by atoms with Gasteiger partial charge in [0.2, 0.25) is 18.0 Å². The van der Waals surface area contributed by atoms with Crippen molar-refractivity contribution in [1.29, 1.82) is 0 Å². The molecular formula is C16H15ClN4O3. The second kappa shape index (κ2) is 5.83. The predicted octanol–water partition coefficient (Wildman–Crippen LogP) is 1.84. The van der Waals surface area contributed by atoms with Crippen molar-refractivity contribution in [2.24, 2.45) is 0 Å². The highest BCUT2D eigenvalue weighted by atomic mass is 35.5. The van der Waals surface area contributed by atoms with Gasteiger partial charge >= 0.3 is 0 Å². The second-order valence-electron chi connectivity index (χ2n) is 5.78. The van der Waals surface area contributed by atoms with E-state index in [1.807, 2.05) is 23.1 Å². The number of nitrogens with zero attached hydrogens (tertiary/aromatic N) is 4. The number of benzene rings is 1. The number of halogens is 1. The fourth-order valence-electron chi connectivity index (χ4n) is 2.86. The lowest BCUT2D eigenvalue weighted by Crippen LogP contribution is -2.35. The highest BCUT2D eigenvalue weighted by molar-refractivity contribution is 6.28. The third-order valence-electron chi connectivity index (χ3n) is 4.08. The molecule has 2 aliphatic rings. The maximum absolute atomic E-state index is 12.3. The minimum absolute atomic E-state index is 0.0184. The van der Waals surface area contributed by atoms with E-state index < -0.39 is 0 Å². The Hall–Kier alpha value is -2.54. The fraction of sp³-hybridized carbons (Fsp3) is 0.312. The topological polar surface area (TPSA) is 67.8 Å². The van der Waals surface area contributed by atoms with E-state index in [0.717, 1.165) is 16.9 Å². The molecule has 0 spiro atoms. The SMILES string of the molecule is CN1Cc2cnc(Cl)nc2N(Cc2ccc3c(c2)OCO3)CC1=O. The van der Waals surface area contributed by atoms with E-state index in [1.54, 1.807) is 18.1 Å². The molecule has 0 atom stereocenters. The van der Waals surface area contributed by atoms with Gasteiger partial charge < -0.3 is 19.3 Å². The normalized spacial score (nSPS) is 16.2. The van der Waals surface area contributed by atoms with Crippen LogP contribution in [0, 0.1) is 0 Å². The van der Waals surface area contributed by atoms with Crippen molar-refractivity contribution >= 4 is 23.3 Å². The van der Waals surface area contributed by atoms with Crippen LogP contribution in [0.4, 0.5) is 5.82 Å². The van der Waals surface area contributed by atoms with Crippen LogP contribution in [0.15, 0.2) is 24.4 Å². The second-order valence-corrected chi connectivity index (χ2v) is 6.12. The summed E-state index contributed by atoms with van der Waals surface area (Å²) < 4.78 is 10.7. The van der Waals surface area contributed by atoms with Crippen molar-refractivity contribution in [2.45, 2.75) is 13.1 Å². The van der Waals surface area contributed by atoms with E-state index >= 15 is 0 Å². The van der Waals surface area contributed by atoms with Crippen molar-refractivity contribution in [3.8, 4) is 11.5 Å². The van der Waals surface area contributed by atoms with Gasteiger partial charge in [0.25, 0.3) is 0 Å². The van der Waals surface area contributed by atoms with Gasteiger partial charge in [0.15, 0.2) is 11.5 Å². The smallest absolute Gasteiger partial charge is 0.242 e. The van der Waals surface area contributed by atoms with Gasteiger partial charge in [0.1, 0.15) is 5.82 Å². The molecule has 0 radical (unpaired) electrons. The highest BCUT2D eigenvalue weighted by Crippen LogP contribution is 2.33. The molecule has 0 unspecified atom stereocenters. The molecule has 0 bridgehead atoms. The van der Waals surface area contributed by atoms with Gasteiger partial charge in [0.05, 0.1) is 13.1 Å². The zero-order chi connectivity index (χ0) is 16.7. The van der Waals surface area contributed by atoms with Crippen molar-refractivity contribution in [2.75, 3.05) is 25.3 Å². The lowest BCUT2D eigenvalue weighted by atomic mass is 10.2. The van der Waals surface area contributed by atoms with Gasteiger partial charge in [-0.05, 0) is 29.3 Å². The Bertz CT molecular complexity index is 814. The van der Waals surface area contributed by atoms with Gasteiger partial charge in [0, 0.05) is 25.4 Å². The van der Waals surface area contributed by atoms with Gasteiger partial charge in [-0.1, -0.05) is 6.07 Å². The molecule has 124 valence electrons. The molecule has 1 aromatic heterocycles. The van der Waals surface area contributed by atoms with E-state index in [2.05, 4.69) is 9.97 Å². The first kappa shape index (κ1) is 15.0. The summed E-state index contributed by atoms with van der Waals surface area (Å²) >= 11 is 5.96. The standard InChI is InChI=1S/C16H15ClN4O3/c1-20-7-11-5-18-16(17)19-15(11)21(8-14(20)22)6-10-2-3-12-13(4-10)24-9-23-12/h2-5H,6-9H2,1H3. The van der Waals surface area contributed by atoms with Crippen LogP contribution in [0.3, 0.4) is 0 Å².